The summed E-state index contributed by atoms with van der Waals surface area (Å²) in [5.41, 5.74) is 2.84. The maximum Gasteiger partial charge on any atom is 0.303 e. The first kappa shape index (κ1) is 29.7. The molecule has 0 spiro atoms. The highest BCUT2D eigenvalue weighted by atomic mass is 79.9. The number of H-pyrrole nitrogens is 1. The van der Waals surface area contributed by atoms with E-state index < -0.39 is 54.2 Å². The minimum Gasteiger partial charge on any atom is -0.461 e. The van der Waals surface area contributed by atoms with E-state index in [1.165, 1.54) is 27.9 Å². The largest absolute Gasteiger partial charge is 0.461 e. The number of hydrogen-bond donors (Lipinski definition) is 1. The third-order valence-corrected chi connectivity index (χ3v) is 7.86. The average molecular weight is 644 g/mol. The van der Waals surface area contributed by atoms with Gasteiger partial charge in [0.05, 0.1) is 5.56 Å². The van der Waals surface area contributed by atoms with Gasteiger partial charge in [-0.1, -0.05) is 35.8 Å². The summed E-state index contributed by atoms with van der Waals surface area (Å²) in [5, 5.41) is 0.835. The summed E-state index contributed by atoms with van der Waals surface area (Å²) in [6.45, 7) is 7.53. The van der Waals surface area contributed by atoms with Crippen LogP contribution in [0.5, 0.6) is 5.75 Å². The van der Waals surface area contributed by atoms with E-state index in [1.54, 1.807) is 18.2 Å². The smallest absolute Gasteiger partial charge is 0.303 e. The van der Waals surface area contributed by atoms with Crippen LogP contribution < -0.4 is 4.74 Å². The van der Waals surface area contributed by atoms with Crippen LogP contribution in [0.1, 0.15) is 61.8 Å². The number of nitrogens with one attached hydrogen (secondary N) is 1. The third kappa shape index (κ3) is 5.30. The highest BCUT2D eigenvalue weighted by Crippen LogP contribution is 2.45. The molecule has 0 unspecified atom stereocenters. The number of carbonyl (C=O) groups excluding carboxylic acids is 4. The van der Waals surface area contributed by atoms with Crippen molar-refractivity contribution in [3.05, 3.63) is 63.3 Å². The van der Waals surface area contributed by atoms with Crippen molar-refractivity contribution in [1.29, 1.82) is 0 Å². The molecule has 1 aromatic heterocycles. The molecule has 2 aliphatic rings. The fourth-order valence-electron chi connectivity index (χ4n) is 5.61. The molecule has 11 nitrogen and oxygen atoms in total. The van der Waals surface area contributed by atoms with E-state index in [0.29, 0.717) is 22.4 Å². The van der Waals surface area contributed by atoms with Crippen molar-refractivity contribution in [3.63, 3.8) is 0 Å². The van der Waals surface area contributed by atoms with Crippen LogP contribution in [0.2, 0.25) is 0 Å². The van der Waals surface area contributed by atoms with Crippen LogP contribution in [0, 0.1) is 0 Å². The second-order valence-corrected chi connectivity index (χ2v) is 11.6. The van der Waals surface area contributed by atoms with Crippen LogP contribution in [-0.2, 0) is 43.5 Å². The van der Waals surface area contributed by atoms with Crippen LogP contribution in [0.25, 0.3) is 10.9 Å². The summed E-state index contributed by atoms with van der Waals surface area (Å²) in [5.74, 6) is -1.93. The van der Waals surface area contributed by atoms with E-state index in [2.05, 4.69) is 20.9 Å². The molecule has 222 valence electrons. The van der Waals surface area contributed by atoms with Gasteiger partial charge in [-0.3, -0.25) is 19.2 Å². The van der Waals surface area contributed by atoms with E-state index in [0.717, 1.165) is 21.1 Å². The quantitative estimate of drug-likeness (QED) is 0.305. The van der Waals surface area contributed by atoms with Gasteiger partial charge in [0.1, 0.15) is 5.75 Å². The summed E-state index contributed by atoms with van der Waals surface area (Å²) >= 11 is 3.49. The number of aromatic nitrogens is 1. The zero-order chi connectivity index (χ0) is 30.5. The minimum absolute atomic E-state index is 0.121. The number of hydrogen-bond acceptors (Lipinski definition) is 10. The molecule has 0 bridgehead atoms. The Morgan fingerprint density at radius 2 is 1.50 bits per heavy atom. The lowest BCUT2D eigenvalue weighted by atomic mass is 9.71. The number of esters is 3. The predicted molar refractivity (Wildman–Crippen MR) is 151 cm³/mol. The SMILES string of the molecule is CO[C@H]1O[C@H](Oc2ccc3c(c2)C(C)(C)c2[nH]c4cc(Br)ccc4c2C3=O)[C@@H](OC(C)=O)[C@H](OC(C)=O)[C@H]1OC(C)=O. The number of aromatic amines is 1. The van der Waals surface area contributed by atoms with E-state index in [1.807, 2.05) is 32.0 Å². The molecule has 1 N–H and O–H groups in total. The molecule has 1 aliphatic carbocycles. The standard InChI is InChI=1S/C30H30BrNO10/c1-13(33)38-24-25(39-14(2)34)28(37-6)42-29(26(24)40-15(3)35)41-17-8-10-18-20(12-17)30(4,5)27-22(23(18)36)19-9-7-16(31)11-21(19)32-27/h7-12,24-26,28-29,32H,1-6H3/t24-,25-,26+,28+,29+/m1/s1. The first-order chi connectivity index (χ1) is 19.8. The maximum atomic E-state index is 13.7. The van der Waals surface area contributed by atoms with Crippen molar-refractivity contribution in [1.82, 2.24) is 4.98 Å². The van der Waals surface area contributed by atoms with Crippen molar-refractivity contribution in [2.75, 3.05) is 7.11 Å². The van der Waals surface area contributed by atoms with Gasteiger partial charge in [0, 0.05) is 59.9 Å². The molecule has 0 amide bonds. The van der Waals surface area contributed by atoms with Gasteiger partial charge >= 0.3 is 17.9 Å². The molecule has 5 rings (SSSR count). The van der Waals surface area contributed by atoms with Crippen LogP contribution >= 0.6 is 15.9 Å². The summed E-state index contributed by atoms with van der Waals surface area (Å²) in [4.78, 5) is 53.1. The Morgan fingerprint density at radius 3 is 2.12 bits per heavy atom. The van der Waals surface area contributed by atoms with Crippen LogP contribution in [-0.4, -0.2) is 66.7 Å². The van der Waals surface area contributed by atoms with Crippen molar-refractivity contribution in [2.45, 2.75) is 70.9 Å². The average Bonchev–Trinajstić information content (AvgIpc) is 3.30. The lowest BCUT2D eigenvalue weighted by Gasteiger charge is -2.43. The second-order valence-electron chi connectivity index (χ2n) is 10.7. The Labute approximate surface area is 249 Å². The zero-order valence-corrected chi connectivity index (χ0v) is 25.4. The fourth-order valence-corrected chi connectivity index (χ4v) is 5.97. The molecule has 1 saturated heterocycles. The zero-order valence-electron chi connectivity index (χ0n) is 23.8. The highest BCUT2D eigenvalue weighted by Gasteiger charge is 2.53. The number of halogens is 1. The Morgan fingerprint density at radius 1 is 0.881 bits per heavy atom. The van der Waals surface area contributed by atoms with Crippen molar-refractivity contribution in [3.8, 4) is 5.75 Å². The Balaban J connectivity index is 1.53. The second kappa shape index (κ2) is 11.2. The van der Waals surface area contributed by atoms with Gasteiger partial charge in [-0.2, -0.15) is 0 Å². The molecular formula is C30H30BrNO10. The molecule has 1 aliphatic heterocycles. The van der Waals surface area contributed by atoms with Gasteiger partial charge < -0.3 is 33.4 Å². The van der Waals surface area contributed by atoms with Gasteiger partial charge in [0.25, 0.3) is 0 Å². The Kier molecular flexibility index (Phi) is 7.90. The number of benzene rings is 2. The van der Waals surface area contributed by atoms with Gasteiger partial charge in [-0.05, 0) is 35.9 Å². The van der Waals surface area contributed by atoms with Crippen molar-refractivity contribution in [2.24, 2.45) is 0 Å². The monoisotopic (exact) mass is 643 g/mol. The molecule has 2 aromatic carbocycles. The summed E-state index contributed by atoms with van der Waals surface area (Å²) in [6, 6.07) is 10.8. The molecule has 3 aromatic rings. The van der Waals surface area contributed by atoms with Gasteiger partial charge in [0.15, 0.2) is 18.0 Å². The van der Waals surface area contributed by atoms with Gasteiger partial charge in [0.2, 0.25) is 18.7 Å². The molecule has 0 saturated carbocycles. The Hall–Kier alpha value is -3.74. The van der Waals surface area contributed by atoms with E-state index in [-0.39, 0.29) is 5.78 Å². The van der Waals surface area contributed by atoms with E-state index >= 15 is 0 Å². The molecular weight excluding hydrogens is 614 g/mol. The number of fused-ring (bicyclic) bond motifs is 4. The molecule has 42 heavy (non-hydrogen) atoms. The number of rotatable bonds is 6. The van der Waals surface area contributed by atoms with Gasteiger partial charge in [-0.25, -0.2) is 0 Å². The predicted octanol–water partition coefficient (Wildman–Crippen LogP) is 4.30. The number of ether oxygens (including phenoxy) is 6. The normalized spacial score (nSPS) is 24.4. The molecule has 0 radical (unpaired) electrons. The molecule has 1 fully saturated rings. The molecule has 12 heteroatoms. The number of ketones is 1. The van der Waals surface area contributed by atoms with E-state index in [4.69, 9.17) is 28.4 Å². The summed E-state index contributed by atoms with van der Waals surface area (Å²) < 4.78 is 34.7. The van der Waals surface area contributed by atoms with Gasteiger partial charge in [-0.15, -0.1) is 0 Å². The topological polar surface area (TPSA) is 139 Å². The maximum absolute atomic E-state index is 13.7. The highest BCUT2D eigenvalue weighted by molar-refractivity contribution is 9.10. The summed E-state index contributed by atoms with van der Waals surface area (Å²) in [7, 11) is 1.32. The van der Waals surface area contributed by atoms with Crippen LogP contribution in [0.3, 0.4) is 0 Å². The molecule has 5 atom stereocenters. The molecule has 2 heterocycles. The number of methoxy groups -OCH3 is 1. The summed E-state index contributed by atoms with van der Waals surface area (Å²) in [6.07, 6.45) is -6.44. The van der Waals surface area contributed by atoms with Crippen molar-refractivity contribution < 1.29 is 47.6 Å². The first-order valence-electron chi connectivity index (χ1n) is 13.2. The van der Waals surface area contributed by atoms with E-state index in [9.17, 15) is 19.2 Å². The Bertz CT molecular complexity index is 1590. The fraction of sp³-hybridized carbons (Fsp3) is 0.400. The van der Waals surface area contributed by atoms with Crippen LogP contribution in [0.15, 0.2) is 40.9 Å². The first-order valence-corrected chi connectivity index (χ1v) is 14.0. The minimum atomic E-state index is -1.34. The van der Waals surface area contributed by atoms with Crippen LogP contribution in [0.4, 0.5) is 0 Å². The lowest BCUT2D eigenvalue weighted by molar-refractivity contribution is -0.331. The third-order valence-electron chi connectivity index (χ3n) is 7.36. The van der Waals surface area contributed by atoms with Crippen molar-refractivity contribution >= 4 is 50.5 Å². The number of carbonyl (C=O) groups is 4. The lowest BCUT2D eigenvalue weighted by Crippen LogP contribution is -2.63.